The average molecular weight is 146 g/mol. The van der Waals surface area contributed by atoms with Crippen LogP contribution in [0.1, 0.15) is 27.7 Å². The highest BCUT2D eigenvalue weighted by molar-refractivity contribution is 5.57. The number of carboxylic acid groups (broad SMARTS) is 1. The molecule has 0 saturated heterocycles. The first-order valence-corrected chi connectivity index (χ1v) is 3.28. The topological polar surface area (TPSA) is 46.5 Å². The summed E-state index contributed by atoms with van der Waals surface area (Å²) in [7, 11) is 0. The molecule has 0 aliphatic heterocycles. The van der Waals surface area contributed by atoms with Crippen molar-refractivity contribution < 1.29 is 14.6 Å². The summed E-state index contributed by atoms with van der Waals surface area (Å²) in [6, 6.07) is 0. The van der Waals surface area contributed by atoms with Crippen LogP contribution in [0, 0.1) is 5.92 Å². The Morgan fingerprint density at radius 1 is 1.50 bits per heavy atom. The fourth-order valence-corrected chi connectivity index (χ4v) is 0.343. The van der Waals surface area contributed by atoms with Gasteiger partial charge in [0.25, 0.3) is 0 Å². The summed E-state index contributed by atoms with van der Waals surface area (Å²) in [6.07, 6.45) is -1.21. The van der Waals surface area contributed by atoms with Crippen LogP contribution in [0.15, 0.2) is 0 Å². The molecule has 0 spiro atoms. The SMILES string of the molecule is CC(C)C(C)(C)OC(=O)O. The van der Waals surface area contributed by atoms with E-state index in [1.165, 1.54) is 0 Å². The average Bonchev–Trinajstić information content (AvgIpc) is 1.60. The van der Waals surface area contributed by atoms with Crippen LogP contribution in [0.4, 0.5) is 4.79 Å². The van der Waals surface area contributed by atoms with Crippen molar-refractivity contribution in [1.82, 2.24) is 0 Å². The van der Waals surface area contributed by atoms with Crippen LogP contribution in [0.3, 0.4) is 0 Å². The maximum absolute atomic E-state index is 10.1. The summed E-state index contributed by atoms with van der Waals surface area (Å²) in [4.78, 5) is 10.1. The van der Waals surface area contributed by atoms with E-state index in [1.54, 1.807) is 13.8 Å². The zero-order valence-corrected chi connectivity index (χ0v) is 6.84. The van der Waals surface area contributed by atoms with Crippen molar-refractivity contribution in [2.24, 2.45) is 5.92 Å². The van der Waals surface area contributed by atoms with Gasteiger partial charge in [-0.1, -0.05) is 13.8 Å². The molecule has 0 rings (SSSR count). The molecule has 60 valence electrons. The molecular formula is C7H14O3. The molecule has 0 fully saturated rings. The molecular weight excluding hydrogens is 132 g/mol. The number of hydrogen-bond donors (Lipinski definition) is 1. The molecule has 1 N–H and O–H groups in total. The molecule has 0 aliphatic carbocycles. The normalized spacial score (nSPS) is 11.7. The summed E-state index contributed by atoms with van der Waals surface area (Å²) in [6.45, 7) is 7.35. The largest absolute Gasteiger partial charge is 0.506 e. The van der Waals surface area contributed by atoms with Crippen LogP contribution in [-0.2, 0) is 4.74 Å². The summed E-state index contributed by atoms with van der Waals surface area (Å²) in [5, 5.41) is 8.28. The van der Waals surface area contributed by atoms with E-state index in [-0.39, 0.29) is 5.92 Å². The lowest BCUT2D eigenvalue weighted by molar-refractivity contribution is -0.0234. The second kappa shape index (κ2) is 2.90. The second-order valence-corrected chi connectivity index (χ2v) is 3.13. The van der Waals surface area contributed by atoms with Crippen molar-refractivity contribution in [3.05, 3.63) is 0 Å². The third-order valence-electron chi connectivity index (χ3n) is 1.74. The van der Waals surface area contributed by atoms with E-state index in [2.05, 4.69) is 4.74 Å². The highest BCUT2D eigenvalue weighted by atomic mass is 16.7. The van der Waals surface area contributed by atoms with Crippen LogP contribution in [0.5, 0.6) is 0 Å². The van der Waals surface area contributed by atoms with Crippen LogP contribution >= 0.6 is 0 Å². The van der Waals surface area contributed by atoms with Crippen molar-refractivity contribution in [3.8, 4) is 0 Å². The molecule has 0 aliphatic rings. The number of hydrogen-bond acceptors (Lipinski definition) is 2. The third-order valence-corrected chi connectivity index (χ3v) is 1.74. The Bertz CT molecular complexity index is 127. The molecule has 0 aromatic rings. The van der Waals surface area contributed by atoms with Crippen molar-refractivity contribution in [2.75, 3.05) is 0 Å². The second-order valence-electron chi connectivity index (χ2n) is 3.13. The third kappa shape index (κ3) is 2.71. The molecule has 3 nitrogen and oxygen atoms in total. The number of ether oxygens (including phenoxy) is 1. The van der Waals surface area contributed by atoms with Crippen molar-refractivity contribution in [2.45, 2.75) is 33.3 Å². The highest BCUT2D eigenvalue weighted by Crippen LogP contribution is 2.19. The first-order chi connectivity index (χ1) is 4.36. The van der Waals surface area contributed by atoms with E-state index in [1.807, 2.05) is 13.8 Å². The van der Waals surface area contributed by atoms with Crippen LogP contribution < -0.4 is 0 Å². The molecule has 0 aromatic carbocycles. The zero-order chi connectivity index (χ0) is 8.36. The lowest BCUT2D eigenvalue weighted by atomic mass is 9.95. The van der Waals surface area contributed by atoms with Gasteiger partial charge in [0.15, 0.2) is 0 Å². The van der Waals surface area contributed by atoms with Gasteiger partial charge in [0, 0.05) is 0 Å². The maximum atomic E-state index is 10.1. The van der Waals surface area contributed by atoms with Gasteiger partial charge in [0.2, 0.25) is 0 Å². The van der Waals surface area contributed by atoms with Gasteiger partial charge >= 0.3 is 6.16 Å². The van der Waals surface area contributed by atoms with E-state index in [4.69, 9.17) is 5.11 Å². The van der Waals surface area contributed by atoms with Gasteiger partial charge in [-0.05, 0) is 19.8 Å². The molecule has 0 unspecified atom stereocenters. The minimum Gasteiger partial charge on any atom is -0.450 e. The van der Waals surface area contributed by atoms with Gasteiger partial charge in [-0.25, -0.2) is 4.79 Å². The minimum absolute atomic E-state index is 0.198. The van der Waals surface area contributed by atoms with Gasteiger partial charge in [-0.15, -0.1) is 0 Å². The van der Waals surface area contributed by atoms with Crippen molar-refractivity contribution >= 4 is 6.16 Å². The Morgan fingerprint density at radius 2 is 1.90 bits per heavy atom. The van der Waals surface area contributed by atoms with E-state index in [9.17, 15) is 4.79 Å². The Kier molecular flexibility index (Phi) is 2.69. The van der Waals surface area contributed by atoms with Gasteiger partial charge in [0.1, 0.15) is 5.60 Å². The molecule has 0 amide bonds. The first kappa shape index (κ1) is 9.27. The van der Waals surface area contributed by atoms with Crippen LogP contribution in [0.2, 0.25) is 0 Å². The molecule has 0 bridgehead atoms. The molecule has 10 heavy (non-hydrogen) atoms. The van der Waals surface area contributed by atoms with E-state index in [0.717, 1.165) is 0 Å². The standard InChI is InChI=1S/C7H14O3/c1-5(2)7(3,4)10-6(8)9/h5H,1-4H3,(H,8,9). The van der Waals surface area contributed by atoms with Gasteiger partial charge in [0.05, 0.1) is 0 Å². The lowest BCUT2D eigenvalue weighted by Gasteiger charge is -2.27. The molecule has 0 saturated carbocycles. The Labute approximate surface area is 61.0 Å². The van der Waals surface area contributed by atoms with Gasteiger partial charge in [-0.2, -0.15) is 0 Å². The van der Waals surface area contributed by atoms with E-state index < -0.39 is 11.8 Å². The van der Waals surface area contributed by atoms with Crippen LogP contribution in [-0.4, -0.2) is 16.9 Å². The van der Waals surface area contributed by atoms with Crippen LogP contribution in [0.25, 0.3) is 0 Å². The molecule has 0 radical (unpaired) electrons. The minimum atomic E-state index is -1.21. The van der Waals surface area contributed by atoms with Gasteiger partial charge in [-0.3, -0.25) is 0 Å². The number of carbonyl (C=O) groups is 1. The van der Waals surface area contributed by atoms with Gasteiger partial charge < -0.3 is 9.84 Å². The smallest absolute Gasteiger partial charge is 0.450 e. The summed E-state index contributed by atoms with van der Waals surface area (Å²) in [5.74, 6) is 0.198. The molecule has 3 heteroatoms. The molecule has 0 atom stereocenters. The lowest BCUT2D eigenvalue weighted by Crippen LogP contribution is -2.33. The Morgan fingerprint density at radius 3 is 2.00 bits per heavy atom. The maximum Gasteiger partial charge on any atom is 0.506 e. The zero-order valence-electron chi connectivity index (χ0n) is 6.84. The summed E-state index contributed by atoms with van der Waals surface area (Å²) < 4.78 is 4.62. The van der Waals surface area contributed by atoms with E-state index in [0.29, 0.717) is 0 Å². The van der Waals surface area contributed by atoms with Crippen molar-refractivity contribution in [3.63, 3.8) is 0 Å². The Hall–Kier alpha value is -0.730. The fraction of sp³-hybridized carbons (Fsp3) is 0.857. The predicted molar refractivity (Wildman–Crippen MR) is 38.0 cm³/mol. The monoisotopic (exact) mass is 146 g/mol. The molecule has 0 aromatic heterocycles. The molecule has 0 heterocycles. The van der Waals surface area contributed by atoms with E-state index >= 15 is 0 Å². The van der Waals surface area contributed by atoms with Crippen molar-refractivity contribution in [1.29, 1.82) is 0 Å². The first-order valence-electron chi connectivity index (χ1n) is 3.28. The summed E-state index contributed by atoms with van der Waals surface area (Å²) >= 11 is 0. The number of rotatable bonds is 2. The quantitative estimate of drug-likeness (QED) is 0.607. The Balaban J connectivity index is 3.99. The fourth-order valence-electron chi connectivity index (χ4n) is 0.343. The summed E-state index contributed by atoms with van der Waals surface area (Å²) in [5.41, 5.74) is -0.578. The highest BCUT2D eigenvalue weighted by Gasteiger charge is 2.26. The predicted octanol–water partition coefficient (Wildman–Crippen LogP) is 2.12.